The van der Waals surface area contributed by atoms with E-state index in [1.165, 1.54) is 55.4 Å². The maximum Gasteiger partial charge on any atom is 0.530 e. The van der Waals surface area contributed by atoms with Crippen molar-refractivity contribution in [3.63, 3.8) is 0 Å². The number of phosphoric acid groups is 1. The molecule has 3 aromatic heterocycles. The van der Waals surface area contributed by atoms with Crippen molar-refractivity contribution in [3.05, 3.63) is 128 Å². The lowest BCUT2D eigenvalue weighted by molar-refractivity contribution is -0.143. The number of thiol groups is 1. The molecular formula is C59H60ClF10N8O13PS2. The zero-order valence-electron chi connectivity index (χ0n) is 51.1. The number of halogens is 11. The fraction of sp³-hybridized carbons (Fsp3) is 0.441. The Morgan fingerprint density at radius 2 is 1.54 bits per heavy atom. The number of hydrogen-bond acceptors (Lipinski definition) is 15. The van der Waals surface area contributed by atoms with Gasteiger partial charge in [-0.05, 0) is 120 Å². The molecule has 508 valence electrons. The van der Waals surface area contributed by atoms with Crippen LogP contribution in [0.25, 0.3) is 22.0 Å². The number of aliphatic carboxylic acids is 1. The van der Waals surface area contributed by atoms with Gasteiger partial charge in [0.1, 0.15) is 46.6 Å². The Labute approximate surface area is 537 Å². The number of nitrogens with zero attached hydrogens (tertiary/aromatic N) is 6. The van der Waals surface area contributed by atoms with Crippen molar-refractivity contribution in [2.24, 2.45) is 11.7 Å². The fourth-order valence-corrected chi connectivity index (χ4v) is 13.6. The minimum atomic E-state index is -5.27. The molecule has 35 heteroatoms. The highest BCUT2D eigenvalue weighted by Gasteiger charge is 2.68. The first-order valence-corrected chi connectivity index (χ1v) is 33.2. The van der Waals surface area contributed by atoms with Crippen LogP contribution in [0, 0.1) is 29.4 Å². The lowest BCUT2D eigenvalue weighted by Crippen LogP contribution is -2.35. The number of carbonyl (C=O) groups is 4. The molecule has 2 aliphatic rings. The van der Waals surface area contributed by atoms with Gasteiger partial charge in [-0.15, -0.1) is 0 Å². The van der Waals surface area contributed by atoms with Gasteiger partial charge in [-0.25, -0.2) is 39.5 Å². The molecule has 4 N–H and O–H groups in total. The van der Waals surface area contributed by atoms with Gasteiger partial charge in [0, 0.05) is 63.3 Å². The molecule has 0 bridgehead atoms. The van der Waals surface area contributed by atoms with Crippen LogP contribution in [0.5, 0.6) is 5.75 Å². The molecule has 0 spiro atoms. The van der Waals surface area contributed by atoms with E-state index in [4.69, 9.17) is 30.9 Å². The highest BCUT2D eigenvalue weighted by molar-refractivity contribution is 7.92. The van der Waals surface area contributed by atoms with Gasteiger partial charge < -0.3 is 20.7 Å². The summed E-state index contributed by atoms with van der Waals surface area (Å²) in [6, 6.07) is 6.66. The Balaban J connectivity index is 1.30. The number of carboxylic acid groups (broad SMARTS) is 1. The third kappa shape index (κ3) is 15.8. The first kappa shape index (κ1) is 72.2. The molecule has 0 unspecified atom stereocenters. The first-order chi connectivity index (χ1) is 43.2. The minimum Gasteiger partial charge on any atom is -0.481 e. The first-order valence-electron chi connectivity index (χ1n) is 28.3. The van der Waals surface area contributed by atoms with Crippen LogP contribution < -0.4 is 15.6 Å². The van der Waals surface area contributed by atoms with Crippen LogP contribution in [-0.4, -0.2) is 104 Å². The van der Waals surface area contributed by atoms with E-state index in [0.29, 0.717) is 10.7 Å². The molecular weight excluding hydrogens is 1350 g/mol. The number of hydrogen-bond donors (Lipinski definition) is 4. The molecule has 3 heterocycles. The van der Waals surface area contributed by atoms with E-state index in [1.807, 2.05) is 0 Å². The third-order valence-electron chi connectivity index (χ3n) is 15.2. The molecule has 2 aliphatic carbocycles. The second kappa shape index (κ2) is 26.2. The van der Waals surface area contributed by atoms with Crippen molar-refractivity contribution < 1.29 is 103 Å². The summed E-state index contributed by atoms with van der Waals surface area (Å²) < 4.78 is 232. The van der Waals surface area contributed by atoms with Gasteiger partial charge >= 0.3 is 26.1 Å². The van der Waals surface area contributed by atoms with Crippen LogP contribution in [0.15, 0.2) is 54.6 Å². The number of rotatable bonds is 24. The molecule has 21 nitrogen and oxygen atoms in total. The lowest BCUT2D eigenvalue weighted by atomic mass is 9.77. The monoisotopic (exact) mass is 1410 g/mol. The second-order valence-electron chi connectivity index (χ2n) is 24.2. The summed E-state index contributed by atoms with van der Waals surface area (Å²) in [6.07, 6.45) is -14.2. The molecule has 0 aliphatic heterocycles. The molecule has 1 saturated carbocycles. The normalized spacial score (nSPS) is 16.0. The third-order valence-corrected chi connectivity index (χ3v) is 20.0. The maximum atomic E-state index is 15.8. The van der Waals surface area contributed by atoms with Crippen molar-refractivity contribution >= 4 is 74.7 Å². The molecule has 3 aromatic carbocycles. The number of sulfone groups is 1. The van der Waals surface area contributed by atoms with E-state index in [0.717, 1.165) is 54.8 Å². The van der Waals surface area contributed by atoms with E-state index in [1.54, 1.807) is 0 Å². The Hall–Kier alpha value is -7.63. The molecule has 6 aromatic rings. The number of phosphoric ester groups is 1. The van der Waals surface area contributed by atoms with E-state index in [-0.39, 0.29) is 54.5 Å². The largest absolute Gasteiger partial charge is 0.530 e. The van der Waals surface area contributed by atoms with E-state index >= 15 is 17.6 Å². The number of alkyl halides is 8. The number of carboxylic acids is 1. The van der Waals surface area contributed by atoms with Crippen LogP contribution in [0.2, 0.25) is 5.02 Å². The quantitative estimate of drug-likeness (QED) is 0.0190. The molecule has 0 saturated heterocycles. The van der Waals surface area contributed by atoms with Crippen LogP contribution in [0.1, 0.15) is 141 Å². The van der Waals surface area contributed by atoms with Crippen molar-refractivity contribution in [3.8, 4) is 28.7 Å². The predicted octanol–water partition coefficient (Wildman–Crippen LogP) is 10.6. The summed E-state index contributed by atoms with van der Waals surface area (Å²) in [5.41, 5.74) is -3.87. The number of pyridine rings is 1. The second-order valence-corrected chi connectivity index (χ2v) is 29.6. The smallest absolute Gasteiger partial charge is 0.481 e. The van der Waals surface area contributed by atoms with Gasteiger partial charge in [-0.2, -0.15) is 45.3 Å². The van der Waals surface area contributed by atoms with Gasteiger partial charge in [0.25, 0.3) is 5.92 Å². The van der Waals surface area contributed by atoms with Gasteiger partial charge in [-0.3, -0.25) is 37.6 Å². The zero-order valence-corrected chi connectivity index (χ0v) is 54.5. The number of primary amides is 1. The summed E-state index contributed by atoms with van der Waals surface area (Å²) in [6.45, 7) is 6.34. The number of nitrogens with two attached hydrogens (primary N) is 1. The fourth-order valence-electron chi connectivity index (χ4n) is 11.1. The van der Waals surface area contributed by atoms with Gasteiger partial charge in [0.15, 0.2) is 15.5 Å². The molecule has 3 atom stereocenters. The average Bonchev–Trinajstić information content (AvgIpc) is 1.52. The van der Waals surface area contributed by atoms with E-state index < -0.39 is 211 Å². The number of fused-ring (bicyclic) bond motifs is 4. The predicted molar refractivity (Wildman–Crippen MR) is 318 cm³/mol. The number of nitrogens with one attached hydrogen (secondary N) is 1. The van der Waals surface area contributed by atoms with Gasteiger partial charge in [0.05, 0.1) is 53.1 Å². The Bertz CT molecular complexity index is 4350. The summed E-state index contributed by atoms with van der Waals surface area (Å²) in [7, 11) is -12.8. The number of carbonyl (C=O) groups excluding carboxylic acids is 3. The number of benzene rings is 3. The molecule has 0 radical (unpaired) electrons. The zero-order chi connectivity index (χ0) is 70.1. The summed E-state index contributed by atoms with van der Waals surface area (Å²) >= 11 is 6.83. The number of amides is 3. The topological polar surface area (TPSA) is 291 Å². The number of aromatic nitrogens is 5. The van der Waals surface area contributed by atoms with Crippen molar-refractivity contribution in [2.45, 2.75) is 153 Å². The summed E-state index contributed by atoms with van der Waals surface area (Å²) in [4.78, 5) is 58.7. The molecule has 3 amide bonds. The van der Waals surface area contributed by atoms with Crippen molar-refractivity contribution in [2.75, 3.05) is 6.26 Å². The van der Waals surface area contributed by atoms with Crippen LogP contribution in [-0.2, 0) is 98.7 Å². The Kier molecular flexibility index (Phi) is 20.1. The van der Waals surface area contributed by atoms with Crippen molar-refractivity contribution in [1.82, 2.24) is 34.2 Å². The van der Waals surface area contributed by atoms with E-state index in [9.17, 15) is 72.0 Å². The molecule has 1 fully saturated rings. The summed E-state index contributed by atoms with van der Waals surface area (Å²) in [5, 5.41) is 19.1. The molecule has 8 rings (SSSR count). The average molecular weight is 1410 g/mol. The van der Waals surface area contributed by atoms with Crippen LogP contribution >= 0.6 is 19.4 Å². The lowest BCUT2D eigenvalue weighted by Gasteiger charge is -2.32. The summed E-state index contributed by atoms with van der Waals surface area (Å²) in [5.74, 6) is -9.83. The highest BCUT2D eigenvalue weighted by Crippen LogP contribution is 2.68. The Morgan fingerprint density at radius 3 is 2.10 bits per heavy atom. The standard InChI is InChI=1S/C59H60ClF10N8O13PS2/c1-28(2)89-92(84,90-29(3)4)91-43-20-32(54(71)83)19-31(21-46(81)82)49(43)55(5,6)24-45(80)78(93(85)86)25-42-48-40(60)13-12-37(51(48)77(74-42)27-57(63,64)65)36-11-10-35(14-15-56(7,8)94(9,87)88)72-50(36)41(18-30-16-33(61)22-34(62)17-30)73-44(79)26-76-53-47(52(75-76)59(68,69)70)38-23-39(38)58(53,66)67/h10-13,16-17,19-20,22,28-29,38-39,41,93H,18,21,23-27H2,1-9H3,(H2,71,83)(H,73,79)(H,81,82)/t38-,39+,41-/m0/s1. The van der Waals surface area contributed by atoms with Gasteiger partial charge in [0.2, 0.25) is 28.6 Å². The molecule has 94 heavy (non-hydrogen) atoms. The highest BCUT2D eigenvalue weighted by atomic mass is 35.5. The van der Waals surface area contributed by atoms with Crippen LogP contribution in [0.3, 0.4) is 0 Å². The minimum absolute atomic E-state index is 0.164. The Morgan fingerprint density at radius 1 is 0.926 bits per heavy atom. The van der Waals surface area contributed by atoms with Gasteiger partial charge in [-0.1, -0.05) is 37.4 Å². The van der Waals surface area contributed by atoms with Crippen LogP contribution in [0.4, 0.5) is 43.9 Å². The SMILES string of the molecule is CC(C)OP(=O)(Oc1cc(C(N)=O)cc(CC(=O)O)c1C(C)(C)CC(=O)N(Cc1nn(CC(F)(F)F)c2c(-c3ccc(C#CC(C)(C)S(C)(=O)=O)nc3[C@H](Cc3cc(F)cc(F)c3)NC(=O)Cn3nc(C(F)(F)F)c4c3C(F)(F)[C@@H]3C[C@H]43)ccc(Cl)c12)[SH](=O)=O)OC(C)C. The maximum absolute atomic E-state index is 15.8. The van der Waals surface area contributed by atoms with Crippen molar-refractivity contribution in [1.29, 1.82) is 0 Å². The van der Waals surface area contributed by atoms with E-state index in [2.05, 4.69) is 32.3 Å².